The average Bonchev–Trinajstić information content (AvgIpc) is 2.91. The van der Waals surface area contributed by atoms with E-state index in [1.165, 1.54) is 6.07 Å². The van der Waals surface area contributed by atoms with Gasteiger partial charge in [0.25, 0.3) is 0 Å². The van der Waals surface area contributed by atoms with E-state index in [1.54, 1.807) is 12.1 Å². The standard InChI is InChI=1S/C16H15ClN4O2/c1-2-3-11-14-13(9-6-8(17)4-5-12(9)22)10(7-18)15(19)23-16(14)21-20-11/h4-6,13,22H,2-3,19H2,1H3,(H,20,21)/t13-/m1/s1. The number of phenols is 1. The maximum atomic E-state index is 10.3. The van der Waals surface area contributed by atoms with Gasteiger partial charge in [-0.15, -0.1) is 5.10 Å². The minimum atomic E-state index is -0.567. The molecule has 23 heavy (non-hydrogen) atoms. The first kappa shape index (κ1) is 15.3. The van der Waals surface area contributed by atoms with E-state index in [4.69, 9.17) is 22.1 Å². The molecule has 0 radical (unpaired) electrons. The molecule has 1 aromatic heterocycles. The normalized spacial score (nSPS) is 16.7. The Morgan fingerprint density at radius 1 is 1.52 bits per heavy atom. The van der Waals surface area contributed by atoms with Crippen molar-refractivity contribution in [2.45, 2.75) is 25.7 Å². The summed E-state index contributed by atoms with van der Waals surface area (Å²) >= 11 is 6.07. The molecule has 0 fully saturated rings. The first-order valence-electron chi connectivity index (χ1n) is 7.20. The van der Waals surface area contributed by atoms with Crippen LogP contribution in [0.5, 0.6) is 11.6 Å². The number of nitrogens with two attached hydrogens (primary N) is 1. The first-order valence-corrected chi connectivity index (χ1v) is 7.57. The topological polar surface area (TPSA) is 108 Å². The molecule has 118 valence electrons. The summed E-state index contributed by atoms with van der Waals surface area (Å²) in [5.74, 6) is -0.215. The van der Waals surface area contributed by atoms with Crippen molar-refractivity contribution in [3.8, 4) is 17.7 Å². The number of aromatic amines is 1. The number of nitrogens with one attached hydrogen (secondary N) is 1. The van der Waals surface area contributed by atoms with Crippen molar-refractivity contribution in [2.24, 2.45) is 5.73 Å². The zero-order valence-electron chi connectivity index (χ0n) is 12.4. The fourth-order valence-electron chi connectivity index (χ4n) is 2.82. The molecule has 1 aliphatic rings. The van der Waals surface area contributed by atoms with E-state index in [2.05, 4.69) is 16.3 Å². The average molecular weight is 331 g/mol. The number of halogens is 1. The summed E-state index contributed by atoms with van der Waals surface area (Å²) in [6.07, 6.45) is 1.63. The van der Waals surface area contributed by atoms with Crippen molar-refractivity contribution >= 4 is 11.6 Å². The number of aromatic hydroxyl groups is 1. The zero-order valence-corrected chi connectivity index (χ0v) is 13.2. The van der Waals surface area contributed by atoms with Crippen LogP contribution in [-0.2, 0) is 6.42 Å². The van der Waals surface area contributed by atoms with E-state index in [1.807, 2.05) is 6.92 Å². The van der Waals surface area contributed by atoms with Gasteiger partial charge in [-0.05, 0) is 24.6 Å². The van der Waals surface area contributed by atoms with E-state index >= 15 is 0 Å². The number of allylic oxidation sites excluding steroid dienone is 1. The number of hydrogen-bond donors (Lipinski definition) is 3. The van der Waals surface area contributed by atoms with Crippen molar-refractivity contribution < 1.29 is 9.84 Å². The molecule has 0 saturated heterocycles. The maximum Gasteiger partial charge on any atom is 0.244 e. The Kier molecular flexibility index (Phi) is 3.89. The highest BCUT2D eigenvalue weighted by Gasteiger charge is 2.36. The fraction of sp³-hybridized carbons (Fsp3) is 0.250. The van der Waals surface area contributed by atoms with Crippen LogP contribution in [0, 0.1) is 11.3 Å². The Morgan fingerprint density at radius 3 is 3.00 bits per heavy atom. The summed E-state index contributed by atoms with van der Waals surface area (Å²) in [5, 5.41) is 27.3. The molecular formula is C16H15ClN4O2. The Bertz CT molecular complexity index is 835. The SMILES string of the molecule is CCCc1[nH]nc2c1[C@H](c1cc(Cl)ccc1O)C(C#N)=C(N)O2. The highest BCUT2D eigenvalue weighted by Crippen LogP contribution is 2.46. The predicted octanol–water partition coefficient (Wildman–Crippen LogP) is 2.94. The second-order valence-corrected chi connectivity index (χ2v) is 5.74. The van der Waals surface area contributed by atoms with Gasteiger partial charge in [0.2, 0.25) is 11.8 Å². The maximum absolute atomic E-state index is 10.3. The number of hydrogen-bond acceptors (Lipinski definition) is 5. The highest BCUT2D eigenvalue weighted by atomic mass is 35.5. The zero-order chi connectivity index (χ0) is 16.6. The monoisotopic (exact) mass is 330 g/mol. The van der Waals surface area contributed by atoms with Crippen LogP contribution in [0.1, 0.15) is 36.1 Å². The van der Waals surface area contributed by atoms with Crippen LogP contribution in [0.25, 0.3) is 0 Å². The Hall–Kier alpha value is -2.65. The second-order valence-electron chi connectivity index (χ2n) is 5.30. The molecular weight excluding hydrogens is 316 g/mol. The lowest BCUT2D eigenvalue weighted by atomic mass is 9.83. The number of aromatic nitrogens is 2. The number of ether oxygens (including phenoxy) is 1. The quantitative estimate of drug-likeness (QED) is 0.801. The van der Waals surface area contributed by atoms with Crippen LogP contribution in [0.15, 0.2) is 29.7 Å². The number of fused-ring (bicyclic) bond motifs is 1. The summed E-state index contributed by atoms with van der Waals surface area (Å²) < 4.78 is 5.46. The van der Waals surface area contributed by atoms with Gasteiger partial charge in [-0.1, -0.05) is 24.9 Å². The van der Waals surface area contributed by atoms with Gasteiger partial charge in [0.05, 0.1) is 11.5 Å². The summed E-state index contributed by atoms with van der Waals surface area (Å²) in [7, 11) is 0. The number of aryl methyl sites for hydroxylation is 1. The van der Waals surface area contributed by atoms with E-state index in [0.29, 0.717) is 16.5 Å². The van der Waals surface area contributed by atoms with Gasteiger partial charge >= 0.3 is 0 Å². The second kappa shape index (κ2) is 5.86. The molecule has 0 saturated carbocycles. The number of H-pyrrole nitrogens is 1. The molecule has 4 N–H and O–H groups in total. The van der Waals surface area contributed by atoms with Gasteiger partial charge in [-0.2, -0.15) is 5.26 Å². The molecule has 0 spiro atoms. The van der Waals surface area contributed by atoms with Gasteiger partial charge < -0.3 is 15.6 Å². The number of phenolic OH excluding ortho intramolecular Hbond substituents is 1. The van der Waals surface area contributed by atoms with Crippen LogP contribution in [0.3, 0.4) is 0 Å². The fourth-order valence-corrected chi connectivity index (χ4v) is 3.00. The van der Waals surface area contributed by atoms with E-state index in [9.17, 15) is 10.4 Å². The lowest BCUT2D eigenvalue weighted by Crippen LogP contribution is -2.21. The molecule has 6 nitrogen and oxygen atoms in total. The molecule has 2 aromatic rings. The molecule has 3 rings (SSSR count). The smallest absolute Gasteiger partial charge is 0.244 e. The molecule has 1 atom stereocenters. The molecule has 0 aliphatic carbocycles. The van der Waals surface area contributed by atoms with Crippen molar-refractivity contribution in [3.63, 3.8) is 0 Å². The lowest BCUT2D eigenvalue weighted by molar-refractivity contribution is 0.377. The molecule has 0 amide bonds. The van der Waals surface area contributed by atoms with E-state index < -0.39 is 5.92 Å². The van der Waals surface area contributed by atoms with Gasteiger partial charge in [-0.25, -0.2) is 0 Å². The molecule has 1 aromatic carbocycles. The molecule has 0 bridgehead atoms. The number of rotatable bonds is 3. The summed E-state index contributed by atoms with van der Waals surface area (Å²) in [5.41, 5.74) is 8.17. The Morgan fingerprint density at radius 2 is 2.30 bits per heavy atom. The summed E-state index contributed by atoms with van der Waals surface area (Å²) in [6.45, 7) is 2.04. The van der Waals surface area contributed by atoms with Crippen LogP contribution >= 0.6 is 11.6 Å². The van der Waals surface area contributed by atoms with Crippen molar-refractivity contribution in [1.82, 2.24) is 10.2 Å². The van der Waals surface area contributed by atoms with Crippen LogP contribution < -0.4 is 10.5 Å². The minimum absolute atomic E-state index is 0.0149. The van der Waals surface area contributed by atoms with Gasteiger partial charge in [0, 0.05) is 16.3 Å². The van der Waals surface area contributed by atoms with Crippen LogP contribution in [0.2, 0.25) is 5.02 Å². The minimum Gasteiger partial charge on any atom is -0.508 e. The molecule has 1 aliphatic heterocycles. The third-order valence-electron chi connectivity index (χ3n) is 3.82. The summed E-state index contributed by atoms with van der Waals surface area (Å²) in [4.78, 5) is 0. The first-order chi connectivity index (χ1) is 11.1. The largest absolute Gasteiger partial charge is 0.508 e. The van der Waals surface area contributed by atoms with E-state index in [0.717, 1.165) is 24.1 Å². The molecule has 0 unspecified atom stereocenters. The lowest BCUT2D eigenvalue weighted by Gasteiger charge is -2.24. The number of benzene rings is 1. The summed E-state index contributed by atoms with van der Waals surface area (Å²) in [6, 6.07) is 6.79. The van der Waals surface area contributed by atoms with Crippen LogP contribution in [0.4, 0.5) is 0 Å². The number of nitrogens with zero attached hydrogens (tertiary/aromatic N) is 2. The number of nitriles is 1. The third kappa shape index (κ3) is 2.49. The highest BCUT2D eigenvalue weighted by molar-refractivity contribution is 6.30. The predicted molar refractivity (Wildman–Crippen MR) is 85.0 cm³/mol. The van der Waals surface area contributed by atoms with E-state index in [-0.39, 0.29) is 17.2 Å². The van der Waals surface area contributed by atoms with Crippen molar-refractivity contribution in [2.75, 3.05) is 0 Å². The van der Waals surface area contributed by atoms with Gasteiger partial charge in [0.1, 0.15) is 17.4 Å². The van der Waals surface area contributed by atoms with Gasteiger partial charge in [0.15, 0.2) is 0 Å². The molecule has 7 heteroatoms. The van der Waals surface area contributed by atoms with Crippen molar-refractivity contribution in [1.29, 1.82) is 5.26 Å². The molecule has 2 heterocycles. The van der Waals surface area contributed by atoms with Crippen LogP contribution in [-0.4, -0.2) is 15.3 Å². The Balaban J connectivity index is 2.26. The van der Waals surface area contributed by atoms with Gasteiger partial charge in [-0.3, -0.25) is 5.10 Å². The Labute approximate surface area is 138 Å². The third-order valence-corrected chi connectivity index (χ3v) is 4.05. The van der Waals surface area contributed by atoms with Crippen molar-refractivity contribution in [3.05, 3.63) is 51.5 Å².